The lowest BCUT2D eigenvalue weighted by molar-refractivity contribution is -0.163. The quantitative estimate of drug-likeness (QED) is 0.624. The lowest BCUT2D eigenvalue weighted by atomic mass is 10.1. The fourth-order valence-electron chi connectivity index (χ4n) is 2.03. The highest BCUT2D eigenvalue weighted by Gasteiger charge is 2.45. The van der Waals surface area contributed by atoms with E-state index in [0.717, 1.165) is 0 Å². The summed E-state index contributed by atoms with van der Waals surface area (Å²) in [7, 11) is 0. The molecule has 96 valence electrons. The number of hydrogen-bond donors (Lipinski definition) is 1. The smallest absolute Gasteiger partial charge is 0.326 e. The van der Waals surface area contributed by atoms with Gasteiger partial charge in [-0.25, -0.2) is 4.90 Å². The number of esters is 2. The number of ether oxygens (including phenoxy) is 2. The van der Waals surface area contributed by atoms with Crippen molar-refractivity contribution in [3.63, 3.8) is 0 Å². The Balaban J connectivity index is 2.05. The number of hydrogen-bond acceptors (Lipinski definition) is 6. The van der Waals surface area contributed by atoms with Gasteiger partial charge in [0.15, 0.2) is 0 Å². The van der Waals surface area contributed by atoms with Crippen LogP contribution in [0.3, 0.4) is 0 Å². The van der Waals surface area contributed by atoms with Crippen LogP contribution in [0.1, 0.15) is 20.8 Å². The molecule has 2 heterocycles. The third-order valence-electron chi connectivity index (χ3n) is 2.78. The first-order valence-corrected chi connectivity index (χ1v) is 5.74. The normalized spacial score (nSPS) is 29.7. The van der Waals surface area contributed by atoms with Crippen LogP contribution in [-0.4, -0.2) is 54.3 Å². The van der Waals surface area contributed by atoms with E-state index in [0.29, 0.717) is 13.1 Å². The molecule has 2 fully saturated rings. The van der Waals surface area contributed by atoms with Gasteiger partial charge in [-0.15, -0.1) is 0 Å². The van der Waals surface area contributed by atoms with Crippen LogP contribution in [0.4, 0.5) is 0 Å². The number of rotatable bonds is 1. The summed E-state index contributed by atoms with van der Waals surface area (Å²) in [5.74, 6) is -0.584. The summed E-state index contributed by atoms with van der Waals surface area (Å²) in [6.07, 6.45) is 0. The molecule has 2 aliphatic heterocycles. The van der Waals surface area contributed by atoms with E-state index in [2.05, 4.69) is 5.32 Å². The van der Waals surface area contributed by atoms with E-state index < -0.39 is 11.6 Å². The number of carbonyl (C=O) groups excluding carboxylic acids is 2. The van der Waals surface area contributed by atoms with Crippen LogP contribution in [0, 0.1) is 0 Å². The first-order chi connectivity index (χ1) is 7.88. The van der Waals surface area contributed by atoms with Crippen LogP contribution in [0.15, 0.2) is 0 Å². The summed E-state index contributed by atoms with van der Waals surface area (Å²) in [6, 6.07) is -0.805. The van der Waals surface area contributed by atoms with Crippen LogP contribution in [0.5, 0.6) is 0 Å². The third kappa shape index (κ3) is 2.58. The number of cyclic esters (lactones) is 1. The van der Waals surface area contributed by atoms with Gasteiger partial charge >= 0.3 is 11.9 Å². The van der Waals surface area contributed by atoms with Gasteiger partial charge in [0.2, 0.25) is 0 Å². The SMILES string of the molecule is CC(C)(C)OC(=O)C1CNCC2C(=O)OCN21. The molecule has 0 aromatic rings. The number of nitrogens with one attached hydrogen (secondary N) is 1. The van der Waals surface area contributed by atoms with Crippen molar-refractivity contribution in [1.82, 2.24) is 10.2 Å². The van der Waals surface area contributed by atoms with Gasteiger partial charge in [0.25, 0.3) is 0 Å². The summed E-state index contributed by atoms with van der Waals surface area (Å²) in [5.41, 5.74) is -0.519. The first kappa shape index (κ1) is 12.3. The van der Waals surface area contributed by atoms with Gasteiger partial charge in [0, 0.05) is 13.1 Å². The fraction of sp³-hybridized carbons (Fsp3) is 0.818. The van der Waals surface area contributed by atoms with Gasteiger partial charge in [0.1, 0.15) is 24.4 Å². The van der Waals surface area contributed by atoms with Gasteiger partial charge in [-0.3, -0.25) is 9.59 Å². The molecule has 2 unspecified atom stereocenters. The minimum Gasteiger partial charge on any atom is -0.459 e. The molecule has 17 heavy (non-hydrogen) atoms. The second-order valence-electron chi connectivity index (χ2n) is 5.33. The van der Waals surface area contributed by atoms with Crippen molar-refractivity contribution in [3.05, 3.63) is 0 Å². The zero-order chi connectivity index (χ0) is 12.6. The van der Waals surface area contributed by atoms with E-state index in [4.69, 9.17) is 9.47 Å². The zero-order valence-electron chi connectivity index (χ0n) is 10.4. The summed E-state index contributed by atoms with van der Waals surface area (Å²) < 4.78 is 10.3. The molecule has 0 spiro atoms. The van der Waals surface area contributed by atoms with E-state index in [1.807, 2.05) is 20.8 Å². The van der Waals surface area contributed by atoms with Gasteiger partial charge < -0.3 is 14.8 Å². The molecule has 0 saturated carbocycles. The van der Waals surface area contributed by atoms with Crippen LogP contribution >= 0.6 is 0 Å². The maximum Gasteiger partial charge on any atom is 0.326 e. The second-order valence-corrected chi connectivity index (χ2v) is 5.33. The highest BCUT2D eigenvalue weighted by molar-refractivity contribution is 5.82. The maximum absolute atomic E-state index is 12.0. The molecular weight excluding hydrogens is 224 g/mol. The molecule has 6 nitrogen and oxygen atoms in total. The van der Waals surface area contributed by atoms with E-state index in [-0.39, 0.29) is 24.7 Å². The number of carbonyl (C=O) groups is 2. The summed E-state index contributed by atoms with van der Waals surface area (Å²) >= 11 is 0. The Kier molecular flexibility index (Phi) is 3.09. The minimum absolute atomic E-state index is 0.176. The number of fused-ring (bicyclic) bond motifs is 1. The Bertz CT molecular complexity index is 337. The van der Waals surface area contributed by atoms with Crippen molar-refractivity contribution in [3.8, 4) is 0 Å². The fourth-order valence-corrected chi connectivity index (χ4v) is 2.03. The molecule has 0 amide bonds. The Hall–Kier alpha value is -1.14. The molecule has 2 rings (SSSR count). The molecule has 2 saturated heterocycles. The van der Waals surface area contributed by atoms with Gasteiger partial charge in [-0.2, -0.15) is 0 Å². The van der Waals surface area contributed by atoms with Crippen LogP contribution in [0.2, 0.25) is 0 Å². The maximum atomic E-state index is 12.0. The monoisotopic (exact) mass is 242 g/mol. The first-order valence-electron chi connectivity index (χ1n) is 5.74. The van der Waals surface area contributed by atoms with Crippen LogP contribution < -0.4 is 5.32 Å². The molecule has 0 aromatic carbocycles. The highest BCUT2D eigenvalue weighted by atomic mass is 16.6. The summed E-state index contributed by atoms with van der Waals surface area (Å²) in [5, 5.41) is 3.06. The predicted octanol–water partition coefficient (Wildman–Crippen LogP) is -0.515. The van der Waals surface area contributed by atoms with Gasteiger partial charge in [-0.05, 0) is 20.8 Å². The van der Waals surface area contributed by atoms with Crippen molar-refractivity contribution < 1.29 is 19.1 Å². The minimum atomic E-state index is -0.519. The predicted molar refractivity (Wildman–Crippen MR) is 59.1 cm³/mol. The lowest BCUT2D eigenvalue weighted by Gasteiger charge is -2.34. The third-order valence-corrected chi connectivity index (χ3v) is 2.78. The summed E-state index contributed by atoms with van der Waals surface area (Å²) in [4.78, 5) is 25.2. The average molecular weight is 242 g/mol. The average Bonchev–Trinajstić information content (AvgIpc) is 2.58. The molecule has 0 bridgehead atoms. The van der Waals surface area contributed by atoms with Gasteiger partial charge in [-0.1, -0.05) is 0 Å². The van der Waals surface area contributed by atoms with Crippen molar-refractivity contribution in [1.29, 1.82) is 0 Å². The Labute approximate surface area is 100 Å². The Morgan fingerprint density at radius 3 is 2.82 bits per heavy atom. The van der Waals surface area contributed by atoms with Gasteiger partial charge in [0.05, 0.1) is 0 Å². The van der Waals surface area contributed by atoms with Crippen molar-refractivity contribution in [2.24, 2.45) is 0 Å². The Morgan fingerprint density at radius 1 is 1.47 bits per heavy atom. The van der Waals surface area contributed by atoms with E-state index in [9.17, 15) is 9.59 Å². The molecule has 0 aliphatic carbocycles. The second kappa shape index (κ2) is 4.27. The molecule has 1 N–H and O–H groups in total. The van der Waals surface area contributed by atoms with E-state index >= 15 is 0 Å². The standard InChI is InChI=1S/C11H18N2O4/c1-11(2,3)17-10(15)8-5-12-4-7-9(14)16-6-13(7)8/h7-8,12H,4-6H2,1-3H3. The van der Waals surface area contributed by atoms with Crippen molar-refractivity contribution >= 4 is 11.9 Å². The number of piperazine rings is 1. The number of nitrogens with zero attached hydrogens (tertiary/aromatic N) is 1. The molecule has 0 aromatic heterocycles. The van der Waals surface area contributed by atoms with Crippen molar-refractivity contribution in [2.45, 2.75) is 38.5 Å². The Morgan fingerprint density at radius 2 is 2.18 bits per heavy atom. The highest BCUT2D eigenvalue weighted by Crippen LogP contribution is 2.20. The summed E-state index contributed by atoms with van der Waals surface area (Å²) in [6.45, 7) is 6.66. The molecular formula is C11H18N2O4. The molecule has 6 heteroatoms. The largest absolute Gasteiger partial charge is 0.459 e. The van der Waals surface area contributed by atoms with E-state index in [1.54, 1.807) is 4.90 Å². The van der Waals surface area contributed by atoms with Crippen LogP contribution in [-0.2, 0) is 19.1 Å². The van der Waals surface area contributed by atoms with Crippen LogP contribution in [0.25, 0.3) is 0 Å². The lowest BCUT2D eigenvalue weighted by Crippen LogP contribution is -2.60. The van der Waals surface area contributed by atoms with Crippen molar-refractivity contribution in [2.75, 3.05) is 19.8 Å². The molecule has 2 atom stereocenters. The topological polar surface area (TPSA) is 67.9 Å². The van der Waals surface area contributed by atoms with E-state index in [1.165, 1.54) is 0 Å². The molecule has 0 radical (unpaired) electrons. The zero-order valence-corrected chi connectivity index (χ0v) is 10.4. The molecule has 2 aliphatic rings.